The predicted molar refractivity (Wildman–Crippen MR) is 79.3 cm³/mol. The number of ether oxygens (including phenoxy) is 2. The van der Waals surface area contributed by atoms with E-state index in [4.69, 9.17) is 15.2 Å². The van der Waals surface area contributed by atoms with Crippen molar-refractivity contribution in [2.45, 2.75) is 6.92 Å². The van der Waals surface area contributed by atoms with Gasteiger partial charge in [-0.25, -0.2) is 0 Å². The molecule has 0 unspecified atom stereocenters. The van der Waals surface area contributed by atoms with E-state index < -0.39 is 0 Å². The van der Waals surface area contributed by atoms with Gasteiger partial charge in [-0.15, -0.1) is 0 Å². The molecule has 102 valence electrons. The number of nitrogens with two attached hydrogens (primary N) is 1. The topological polar surface area (TPSA) is 47.7 Å². The van der Waals surface area contributed by atoms with Crippen LogP contribution in [-0.4, -0.2) is 40.5 Å². The zero-order valence-electron chi connectivity index (χ0n) is 11.2. The fraction of sp³-hybridized carbons (Fsp3) is 0.538. The third kappa shape index (κ3) is 4.15. The van der Waals surface area contributed by atoms with E-state index in [9.17, 15) is 0 Å². The summed E-state index contributed by atoms with van der Waals surface area (Å²) >= 11 is 3.56. The lowest BCUT2D eigenvalue weighted by Crippen LogP contribution is -2.31. The van der Waals surface area contributed by atoms with Gasteiger partial charge in [0.25, 0.3) is 0 Å². The van der Waals surface area contributed by atoms with Crippen molar-refractivity contribution in [1.82, 2.24) is 0 Å². The number of nitrogens with zero attached hydrogens (tertiary/aromatic N) is 1. The standard InChI is InChI=1S/C13H21BrN2O2/c1-10-8-13(11(14)9-12(10)15)16(4-6-17-2)5-7-18-3/h8-9H,4-7,15H2,1-3H3. The molecule has 0 saturated heterocycles. The Morgan fingerprint density at radius 2 is 1.72 bits per heavy atom. The summed E-state index contributed by atoms with van der Waals surface area (Å²) in [5.74, 6) is 0. The minimum Gasteiger partial charge on any atom is -0.398 e. The molecule has 0 saturated carbocycles. The monoisotopic (exact) mass is 316 g/mol. The number of halogens is 1. The van der Waals surface area contributed by atoms with E-state index in [1.807, 2.05) is 13.0 Å². The molecule has 0 aliphatic carbocycles. The van der Waals surface area contributed by atoms with Gasteiger partial charge in [0.1, 0.15) is 0 Å². The van der Waals surface area contributed by atoms with Crippen molar-refractivity contribution >= 4 is 27.3 Å². The Morgan fingerprint density at radius 3 is 2.22 bits per heavy atom. The second-order valence-corrected chi connectivity index (χ2v) is 4.99. The van der Waals surface area contributed by atoms with Crippen molar-refractivity contribution < 1.29 is 9.47 Å². The molecule has 0 radical (unpaired) electrons. The minimum atomic E-state index is 0.680. The lowest BCUT2D eigenvalue weighted by atomic mass is 10.1. The van der Waals surface area contributed by atoms with Gasteiger partial charge in [-0.2, -0.15) is 0 Å². The first-order valence-corrected chi connectivity index (χ1v) is 6.68. The normalized spacial score (nSPS) is 10.7. The van der Waals surface area contributed by atoms with Crippen LogP contribution in [0.4, 0.5) is 11.4 Å². The molecular weight excluding hydrogens is 296 g/mol. The molecule has 18 heavy (non-hydrogen) atoms. The number of hydrogen-bond donors (Lipinski definition) is 1. The predicted octanol–water partition coefficient (Wildman–Crippen LogP) is 2.44. The van der Waals surface area contributed by atoms with Crippen LogP contribution in [0.2, 0.25) is 0 Å². The second kappa shape index (κ2) is 7.61. The molecule has 0 aliphatic heterocycles. The summed E-state index contributed by atoms with van der Waals surface area (Å²) in [6, 6.07) is 4.03. The largest absolute Gasteiger partial charge is 0.398 e. The van der Waals surface area contributed by atoms with Gasteiger partial charge in [0.15, 0.2) is 0 Å². The van der Waals surface area contributed by atoms with Crippen LogP contribution in [0, 0.1) is 6.92 Å². The first kappa shape index (κ1) is 15.3. The summed E-state index contributed by atoms with van der Waals surface area (Å²) in [6.45, 7) is 5.01. The van der Waals surface area contributed by atoms with Gasteiger partial charge in [-0.3, -0.25) is 0 Å². The van der Waals surface area contributed by atoms with Gasteiger partial charge in [0, 0.05) is 37.5 Å². The van der Waals surface area contributed by atoms with Gasteiger partial charge in [-0.05, 0) is 40.5 Å². The molecule has 2 N–H and O–H groups in total. The summed E-state index contributed by atoms with van der Waals surface area (Å²) in [7, 11) is 3.41. The molecular formula is C13H21BrN2O2. The number of benzene rings is 1. The Balaban J connectivity index is 2.92. The molecule has 5 heteroatoms. The van der Waals surface area contributed by atoms with Crippen molar-refractivity contribution in [3.8, 4) is 0 Å². The van der Waals surface area contributed by atoms with Crippen LogP contribution in [0.15, 0.2) is 16.6 Å². The number of aryl methyl sites for hydroxylation is 1. The third-order valence-electron chi connectivity index (χ3n) is 2.81. The Kier molecular flexibility index (Phi) is 6.46. The average Bonchev–Trinajstić information content (AvgIpc) is 2.35. The SMILES string of the molecule is COCCN(CCOC)c1cc(C)c(N)cc1Br. The quantitative estimate of drug-likeness (QED) is 0.785. The van der Waals surface area contributed by atoms with Gasteiger partial charge < -0.3 is 20.1 Å². The van der Waals surface area contributed by atoms with Crippen molar-refractivity contribution in [3.05, 3.63) is 22.2 Å². The van der Waals surface area contributed by atoms with E-state index in [0.717, 1.165) is 34.5 Å². The van der Waals surface area contributed by atoms with Gasteiger partial charge in [0.2, 0.25) is 0 Å². The molecule has 0 atom stereocenters. The smallest absolute Gasteiger partial charge is 0.0637 e. The summed E-state index contributed by atoms with van der Waals surface area (Å²) in [5.41, 5.74) is 8.89. The minimum absolute atomic E-state index is 0.680. The van der Waals surface area contributed by atoms with Crippen LogP contribution in [0.5, 0.6) is 0 Å². The van der Waals surface area contributed by atoms with Crippen molar-refractivity contribution in [2.75, 3.05) is 51.2 Å². The second-order valence-electron chi connectivity index (χ2n) is 4.13. The number of methoxy groups -OCH3 is 2. The van der Waals surface area contributed by atoms with Gasteiger partial charge in [0.05, 0.1) is 18.9 Å². The molecule has 1 aromatic rings. The molecule has 0 bridgehead atoms. The maximum Gasteiger partial charge on any atom is 0.0637 e. The van der Waals surface area contributed by atoms with Gasteiger partial charge >= 0.3 is 0 Å². The summed E-state index contributed by atoms with van der Waals surface area (Å²) in [4.78, 5) is 2.23. The first-order chi connectivity index (χ1) is 8.60. The lowest BCUT2D eigenvalue weighted by molar-refractivity contribution is 0.190. The zero-order chi connectivity index (χ0) is 13.5. The number of rotatable bonds is 7. The summed E-state index contributed by atoms with van der Waals surface area (Å²) < 4.78 is 11.3. The van der Waals surface area contributed by atoms with E-state index in [0.29, 0.717) is 13.2 Å². The van der Waals surface area contributed by atoms with Gasteiger partial charge in [-0.1, -0.05) is 0 Å². The Hall–Kier alpha value is -0.780. The van der Waals surface area contributed by atoms with Crippen LogP contribution < -0.4 is 10.6 Å². The highest BCUT2D eigenvalue weighted by Crippen LogP contribution is 2.30. The van der Waals surface area contributed by atoms with Crippen LogP contribution in [0.3, 0.4) is 0 Å². The lowest BCUT2D eigenvalue weighted by Gasteiger charge is -2.26. The van der Waals surface area contributed by atoms with Crippen LogP contribution in [0.1, 0.15) is 5.56 Å². The van der Waals surface area contributed by atoms with Crippen LogP contribution in [-0.2, 0) is 9.47 Å². The third-order valence-corrected chi connectivity index (χ3v) is 3.44. The molecule has 1 rings (SSSR count). The highest BCUT2D eigenvalue weighted by atomic mass is 79.9. The number of anilines is 2. The maximum absolute atomic E-state index is 5.89. The molecule has 0 amide bonds. The fourth-order valence-electron chi connectivity index (χ4n) is 1.68. The Bertz CT molecular complexity index is 377. The fourth-order valence-corrected chi connectivity index (χ4v) is 2.29. The summed E-state index contributed by atoms with van der Waals surface area (Å²) in [5, 5.41) is 0. The average molecular weight is 317 g/mol. The zero-order valence-corrected chi connectivity index (χ0v) is 12.8. The number of hydrogen-bond acceptors (Lipinski definition) is 4. The van der Waals surface area contributed by atoms with E-state index in [-0.39, 0.29) is 0 Å². The molecule has 0 spiro atoms. The van der Waals surface area contributed by atoms with E-state index in [2.05, 4.69) is 26.9 Å². The molecule has 0 heterocycles. The highest BCUT2D eigenvalue weighted by molar-refractivity contribution is 9.10. The molecule has 0 aliphatic rings. The van der Waals surface area contributed by atoms with E-state index in [1.54, 1.807) is 14.2 Å². The van der Waals surface area contributed by atoms with Crippen molar-refractivity contribution in [2.24, 2.45) is 0 Å². The molecule has 0 fully saturated rings. The molecule has 1 aromatic carbocycles. The highest BCUT2D eigenvalue weighted by Gasteiger charge is 2.11. The van der Waals surface area contributed by atoms with Crippen molar-refractivity contribution in [3.63, 3.8) is 0 Å². The maximum atomic E-state index is 5.89. The molecule has 0 aromatic heterocycles. The Labute approximate surface area is 117 Å². The van der Waals surface area contributed by atoms with Crippen LogP contribution in [0.25, 0.3) is 0 Å². The number of nitrogen functional groups attached to an aromatic ring is 1. The summed E-state index contributed by atoms with van der Waals surface area (Å²) in [6.07, 6.45) is 0. The molecule has 4 nitrogen and oxygen atoms in total. The van der Waals surface area contributed by atoms with Crippen molar-refractivity contribution in [1.29, 1.82) is 0 Å². The van der Waals surface area contributed by atoms with E-state index >= 15 is 0 Å². The Morgan fingerprint density at radius 1 is 1.17 bits per heavy atom. The first-order valence-electron chi connectivity index (χ1n) is 5.88. The van der Waals surface area contributed by atoms with E-state index in [1.165, 1.54) is 0 Å². The van der Waals surface area contributed by atoms with Crippen LogP contribution >= 0.6 is 15.9 Å².